The Kier molecular flexibility index (Phi) is 3.99. The highest BCUT2D eigenvalue weighted by Gasteiger charge is 2.17. The molecule has 0 bridgehead atoms. The van der Waals surface area contributed by atoms with Crippen LogP contribution in [0.15, 0.2) is 49.1 Å². The zero-order chi connectivity index (χ0) is 16.4. The van der Waals surface area contributed by atoms with E-state index in [4.69, 9.17) is 0 Å². The Morgan fingerprint density at radius 2 is 2.04 bits per heavy atom. The number of nitrogens with zero attached hydrogens (tertiary/aromatic N) is 3. The minimum atomic E-state index is 0.0132. The third-order valence-electron chi connectivity index (χ3n) is 4.68. The largest absolute Gasteiger partial charge is 0.349 e. The minimum Gasteiger partial charge on any atom is -0.349 e. The van der Waals surface area contributed by atoms with Gasteiger partial charge in [-0.2, -0.15) is 0 Å². The van der Waals surface area contributed by atoms with Gasteiger partial charge in [0.05, 0.1) is 18.1 Å². The summed E-state index contributed by atoms with van der Waals surface area (Å²) in [7, 11) is 0. The van der Waals surface area contributed by atoms with Crippen LogP contribution in [0.3, 0.4) is 0 Å². The molecule has 0 saturated heterocycles. The Balaban J connectivity index is 1.60. The lowest BCUT2D eigenvalue weighted by Crippen LogP contribution is -2.36. The van der Waals surface area contributed by atoms with E-state index in [-0.39, 0.29) is 5.91 Å². The molecular formula is C19H20N4O. The number of hydrogen-bond donors (Lipinski definition) is 1. The number of carbonyl (C=O) groups is 1. The van der Waals surface area contributed by atoms with Crippen molar-refractivity contribution in [2.75, 3.05) is 0 Å². The summed E-state index contributed by atoms with van der Waals surface area (Å²) < 4.78 is 1.98. The van der Waals surface area contributed by atoms with Crippen molar-refractivity contribution in [3.63, 3.8) is 0 Å². The average Bonchev–Trinajstić information content (AvgIpc) is 3.07. The fourth-order valence-corrected chi connectivity index (χ4v) is 3.39. The second-order valence-corrected chi connectivity index (χ2v) is 6.34. The van der Waals surface area contributed by atoms with Crippen molar-refractivity contribution >= 4 is 11.6 Å². The van der Waals surface area contributed by atoms with Gasteiger partial charge in [0.15, 0.2) is 5.65 Å². The average molecular weight is 320 g/mol. The molecule has 3 aromatic rings. The molecule has 2 aromatic heterocycles. The van der Waals surface area contributed by atoms with E-state index in [0.29, 0.717) is 11.6 Å². The summed E-state index contributed by atoms with van der Waals surface area (Å²) in [5.74, 6) is 0.0132. The highest BCUT2D eigenvalue weighted by molar-refractivity contribution is 5.95. The molecule has 0 unspecified atom stereocenters. The first kappa shape index (κ1) is 14.9. The van der Waals surface area contributed by atoms with Crippen LogP contribution in [0.25, 0.3) is 16.9 Å². The predicted molar refractivity (Wildman–Crippen MR) is 92.8 cm³/mol. The zero-order valence-electron chi connectivity index (χ0n) is 13.5. The van der Waals surface area contributed by atoms with Gasteiger partial charge in [-0.25, -0.2) is 4.98 Å². The number of fused-ring (bicyclic) bond motifs is 1. The van der Waals surface area contributed by atoms with Crippen molar-refractivity contribution in [1.29, 1.82) is 0 Å². The summed E-state index contributed by atoms with van der Waals surface area (Å²) in [5, 5.41) is 3.17. The zero-order valence-corrected chi connectivity index (χ0v) is 13.5. The second kappa shape index (κ2) is 6.43. The predicted octanol–water partition coefficient (Wildman–Crippen LogP) is 3.46. The van der Waals surface area contributed by atoms with Crippen molar-refractivity contribution in [3.05, 3.63) is 54.6 Å². The molecule has 5 nitrogen and oxygen atoms in total. The number of amides is 1. The van der Waals surface area contributed by atoms with Crippen LogP contribution in [0.4, 0.5) is 0 Å². The Morgan fingerprint density at radius 3 is 2.92 bits per heavy atom. The Morgan fingerprint density at radius 1 is 1.17 bits per heavy atom. The maximum atomic E-state index is 12.6. The van der Waals surface area contributed by atoms with Crippen LogP contribution in [-0.2, 0) is 0 Å². The molecule has 1 saturated carbocycles. The maximum absolute atomic E-state index is 12.6. The molecule has 0 radical (unpaired) electrons. The quantitative estimate of drug-likeness (QED) is 0.804. The fraction of sp³-hybridized carbons (Fsp3) is 0.316. The highest BCUT2D eigenvalue weighted by Crippen LogP contribution is 2.22. The van der Waals surface area contributed by atoms with Crippen LogP contribution >= 0.6 is 0 Å². The molecule has 4 rings (SSSR count). The molecule has 1 amide bonds. The summed E-state index contributed by atoms with van der Waals surface area (Å²) in [5.41, 5.74) is 3.43. The van der Waals surface area contributed by atoms with Crippen molar-refractivity contribution in [3.8, 4) is 11.3 Å². The first-order valence-electron chi connectivity index (χ1n) is 8.49. The summed E-state index contributed by atoms with van der Waals surface area (Å²) in [4.78, 5) is 21.0. The van der Waals surface area contributed by atoms with Gasteiger partial charge < -0.3 is 5.32 Å². The normalized spacial score (nSPS) is 15.5. The van der Waals surface area contributed by atoms with E-state index in [9.17, 15) is 4.79 Å². The maximum Gasteiger partial charge on any atom is 0.251 e. The lowest BCUT2D eigenvalue weighted by molar-refractivity contribution is 0.0928. The molecule has 0 aliphatic heterocycles. The van der Waals surface area contributed by atoms with E-state index in [1.807, 2.05) is 41.1 Å². The van der Waals surface area contributed by atoms with Crippen LogP contribution in [0.1, 0.15) is 42.5 Å². The first-order chi connectivity index (χ1) is 11.8. The monoisotopic (exact) mass is 320 g/mol. The molecule has 1 aliphatic carbocycles. The van der Waals surface area contributed by atoms with Crippen molar-refractivity contribution in [2.24, 2.45) is 0 Å². The van der Waals surface area contributed by atoms with E-state index in [2.05, 4.69) is 15.3 Å². The van der Waals surface area contributed by atoms with E-state index in [0.717, 1.165) is 29.7 Å². The summed E-state index contributed by atoms with van der Waals surface area (Å²) >= 11 is 0. The van der Waals surface area contributed by atoms with Crippen LogP contribution in [0.2, 0.25) is 0 Å². The fourth-order valence-electron chi connectivity index (χ4n) is 3.39. The molecule has 0 spiro atoms. The van der Waals surface area contributed by atoms with Gasteiger partial charge in [-0.15, -0.1) is 0 Å². The molecule has 122 valence electrons. The van der Waals surface area contributed by atoms with Crippen molar-refractivity contribution < 1.29 is 4.79 Å². The third kappa shape index (κ3) is 2.89. The topological polar surface area (TPSA) is 59.3 Å². The molecule has 1 aromatic carbocycles. The molecule has 2 heterocycles. The van der Waals surface area contributed by atoms with Crippen LogP contribution in [0, 0.1) is 0 Å². The van der Waals surface area contributed by atoms with Crippen LogP contribution < -0.4 is 5.32 Å². The van der Waals surface area contributed by atoms with Gasteiger partial charge in [0.2, 0.25) is 0 Å². The van der Waals surface area contributed by atoms with Crippen LogP contribution in [-0.4, -0.2) is 26.3 Å². The Labute approximate surface area is 140 Å². The lowest BCUT2D eigenvalue weighted by Gasteiger charge is -2.22. The Hall–Kier alpha value is -2.69. The second-order valence-electron chi connectivity index (χ2n) is 6.34. The molecular weight excluding hydrogens is 300 g/mol. The molecule has 1 N–H and O–H groups in total. The van der Waals surface area contributed by atoms with E-state index in [1.54, 1.807) is 12.4 Å². The molecule has 5 heteroatoms. The Bertz CT molecular complexity index is 864. The number of aromatic nitrogens is 3. The lowest BCUT2D eigenvalue weighted by atomic mass is 9.95. The smallest absolute Gasteiger partial charge is 0.251 e. The van der Waals surface area contributed by atoms with Crippen molar-refractivity contribution in [1.82, 2.24) is 19.7 Å². The van der Waals surface area contributed by atoms with Gasteiger partial charge in [-0.05, 0) is 25.0 Å². The standard InChI is InChI=1S/C19H20N4O/c24-19(22-16-7-2-1-3-8-16)15-6-4-5-14(11-15)17-12-21-18-13-20-9-10-23(17)18/h4-6,9-13,16H,1-3,7-8H2,(H,22,24). The molecule has 24 heavy (non-hydrogen) atoms. The summed E-state index contributed by atoms with van der Waals surface area (Å²) in [6, 6.07) is 8.04. The number of carbonyl (C=O) groups excluding carboxylic acids is 1. The molecule has 1 aliphatic rings. The van der Waals surface area contributed by atoms with Gasteiger partial charge in [0, 0.05) is 29.6 Å². The number of benzene rings is 1. The molecule has 1 fully saturated rings. The van der Waals surface area contributed by atoms with E-state index >= 15 is 0 Å². The number of rotatable bonds is 3. The van der Waals surface area contributed by atoms with Gasteiger partial charge in [0.25, 0.3) is 5.91 Å². The van der Waals surface area contributed by atoms with Gasteiger partial charge in [-0.3, -0.25) is 14.2 Å². The SMILES string of the molecule is O=C(NC1CCCCC1)c1cccc(-c2cnc3cnccn23)c1. The summed E-state index contributed by atoms with van der Waals surface area (Å²) in [6.07, 6.45) is 13.0. The van der Waals surface area contributed by atoms with Crippen LogP contribution in [0.5, 0.6) is 0 Å². The van der Waals surface area contributed by atoms with Gasteiger partial charge in [0.1, 0.15) is 0 Å². The number of hydrogen-bond acceptors (Lipinski definition) is 3. The number of nitrogens with one attached hydrogen (secondary N) is 1. The number of imidazole rings is 1. The van der Waals surface area contributed by atoms with E-state index in [1.165, 1.54) is 19.3 Å². The minimum absolute atomic E-state index is 0.0132. The third-order valence-corrected chi connectivity index (χ3v) is 4.68. The van der Waals surface area contributed by atoms with Crippen molar-refractivity contribution in [2.45, 2.75) is 38.1 Å². The molecule has 0 atom stereocenters. The van der Waals surface area contributed by atoms with E-state index < -0.39 is 0 Å². The van der Waals surface area contributed by atoms with Gasteiger partial charge in [-0.1, -0.05) is 31.4 Å². The first-order valence-corrected chi connectivity index (χ1v) is 8.49. The summed E-state index contributed by atoms with van der Waals surface area (Å²) in [6.45, 7) is 0. The highest BCUT2D eigenvalue weighted by atomic mass is 16.1. The van der Waals surface area contributed by atoms with Gasteiger partial charge >= 0.3 is 0 Å².